The van der Waals surface area contributed by atoms with Crippen molar-refractivity contribution in [1.29, 1.82) is 0 Å². The standard InChI is InChI=1S/C18H18BrN3O3/c1-5-14-21-22-18(25-14)16-9(2)15(10(3)20-16)17(23)11-6-7-13(24-4)12(19)8-11/h6-8,20H,5H2,1-4H3. The minimum Gasteiger partial charge on any atom is -0.496 e. The van der Waals surface area contributed by atoms with Crippen LogP contribution in [0.3, 0.4) is 0 Å². The van der Waals surface area contributed by atoms with Gasteiger partial charge in [0.25, 0.3) is 5.89 Å². The van der Waals surface area contributed by atoms with Gasteiger partial charge in [-0.1, -0.05) is 6.92 Å². The summed E-state index contributed by atoms with van der Waals surface area (Å²) in [6, 6.07) is 5.27. The van der Waals surface area contributed by atoms with Crippen molar-refractivity contribution in [3.63, 3.8) is 0 Å². The summed E-state index contributed by atoms with van der Waals surface area (Å²) in [5.74, 6) is 1.56. The lowest BCUT2D eigenvalue weighted by molar-refractivity contribution is 0.103. The summed E-state index contributed by atoms with van der Waals surface area (Å²) in [4.78, 5) is 16.2. The van der Waals surface area contributed by atoms with E-state index in [1.165, 1.54) is 0 Å². The SMILES string of the molecule is CCc1nnc(-c2[nH]c(C)c(C(=O)c3ccc(OC)c(Br)c3)c2C)o1. The molecule has 2 aromatic heterocycles. The maximum atomic E-state index is 13.0. The number of hydrogen-bond acceptors (Lipinski definition) is 5. The number of nitrogens with one attached hydrogen (secondary N) is 1. The number of aryl methyl sites for hydroxylation is 2. The zero-order valence-corrected chi connectivity index (χ0v) is 16.0. The summed E-state index contributed by atoms with van der Waals surface area (Å²) in [7, 11) is 1.59. The Balaban J connectivity index is 2.02. The lowest BCUT2D eigenvalue weighted by Crippen LogP contribution is -2.04. The molecule has 7 heteroatoms. The molecule has 0 amide bonds. The molecule has 0 saturated heterocycles. The van der Waals surface area contributed by atoms with Crippen LogP contribution >= 0.6 is 15.9 Å². The van der Waals surface area contributed by atoms with Gasteiger partial charge in [0.2, 0.25) is 5.89 Å². The van der Waals surface area contributed by atoms with Crippen molar-refractivity contribution in [2.75, 3.05) is 7.11 Å². The van der Waals surface area contributed by atoms with Gasteiger partial charge in [0, 0.05) is 23.2 Å². The van der Waals surface area contributed by atoms with E-state index < -0.39 is 0 Å². The van der Waals surface area contributed by atoms with Crippen LogP contribution in [0.5, 0.6) is 5.75 Å². The number of aromatic nitrogens is 3. The Kier molecular flexibility index (Phi) is 4.76. The molecule has 0 atom stereocenters. The van der Waals surface area contributed by atoms with Gasteiger partial charge in [0.05, 0.1) is 11.6 Å². The smallest absolute Gasteiger partial charge is 0.264 e. The molecule has 6 nitrogen and oxygen atoms in total. The molecule has 1 N–H and O–H groups in total. The molecule has 0 radical (unpaired) electrons. The van der Waals surface area contributed by atoms with Gasteiger partial charge in [0.1, 0.15) is 11.4 Å². The van der Waals surface area contributed by atoms with E-state index in [1.807, 2.05) is 20.8 Å². The molecule has 0 saturated carbocycles. The van der Waals surface area contributed by atoms with E-state index in [2.05, 4.69) is 31.1 Å². The summed E-state index contributed by atoms with van der Waals surface area (Å²) in [6.07, 6.45) is 0.664. The molecule has 2 heterocycles. The number of hydrogen-bond donors (Lipinski definition) is 1. The van der Waals surface area contributed by atoms with Gasteiger partial charge in [-0.2, -0.15) is 0 Å². The van der Waals surface area contributed by atoms with Gasteiger partial charge >= 0.3 is 0 Å². The molecular weight excluding hydrogens is 386 g/mol. The molecule has 0 aliphatic heterocycles. The van der Waals surface area contributed by atoms with Crippen molar-refractivity contribution >= 4 is 21.7 Å². The maximum Gasteiger partial charge on any atom is 0.264 e. The van der Waals surface area contributed by atoms with Crippen molar-refractivity contribution in [1.82, 2.24) is 15.2 Å². The lowest BCUT2D eigenvalue weighted by atomic mass is 9.99. The van der Waals surface area contributed by atoms with Crippen molar-refractivity contribution < 1.29 is 13.9 Å². The number of rotatable bonds is 5. The summed E-state index contributed by atoms with van der Waals surface area (Å²) in [6.45, 7) is 5.68. The second kappa shape index (κ2) is 6.84. The predicted octanol–water partition coefficient (Wildman–Crippen LogP) is 4.25. The van der Waals surface area contributed by atoms with Crippen LogP contribution in [0, 0.1) is 13.8 Å². The average molecular weight is 404 g/mol. The third kappa shape index (κ3) is 3.11. The number of aromatic amines is 1. The first-order valence-electron chi connectivity index (χ1n) is 7.86. The monoisotopic (exact) mass is 403 g/mol. The Bertz CT molecular complexity index is 943. The number of nitrogens with zero attached hydrogens (tertiary/aromatic N) is 2. The van der Waals surface area contributed by atoms with Gasteiger partial charge in [-0.05, 0) is 53.5 Å². The minimum absolute atomic E-state index is 0.0731. The number of carbonyl (C=O) groups excluding carboxylic acids is 1. The predicted molar refractivity (Wildman–Crippen MR) is 97.1 cm³/mol. The zero-order valence-electron chi connectivity index (χ0n) is 14.4. The summed E-state index contributed by atoms with van der Waals surface area (Å²) >= 11 is 3.42. The molecule has 3 rings (SSSR count). The Morgan fingerprint density at radius 1 is 1.32 bits per heavy atom. The fourth-order valence-electron chi connectivity index (χ4n) is 2.75. The molecule has 0 fully saturated rings. The molecule has 1 aromatic carbocycles. The Morgan fingerprint density at radius 3 is 2.68 bits per heavy atom. The van der Waals surface area contributed by atoms with Gasteiger partial charge < -0.3 is 14.1 Å². The normalized spacial score (nSPS) is 10.9. The first-order valence-corrected chi connectivity index (χ1v) is 8.65. The molecule has 130 valence electrons. The molecular formula is C18H18BrN3O3. The summed E-state index contributed by atoms with van der Waals surface area (Å²) < 4.78 is 11.6. The number of ketones is 1. The van der Waals surface area contributed by atoms with Crippen LogP contribution in [-0.2, 0) is 6.42 Å². The average Bonchev–Trinajstić information content (AvgIpc) is 3.18. The third-order valence-electron chi connectivity index (χ3n) is 4.06. The number of methoxy groups -OCH3 is 1. The van der Waals surface area contributed by atoms with Gasteiger partial charge in [0.15, 0.2) is 5.78 Å². The number of benzene rings is 1. The highest BCUT2D eigenvalue weighted by atomic mass is 79.9. The zero-order chi connectivity index (χ0) is 18.1. The molecule has 0 bridgehead atoms. The lowest BCUT2D eigenvalue weighted by Gasteiger charge is -2.06. The van der Waals surface area contributed by atoms with Crippen molar-refractivity contribution in [2.45, 2.75) is 27.2 Å². The fourth-order valence-corrected chi connectivity index (χ4v) is 3.29. The number of halogens is 1. The second-order valence-corrected chi connectivity index (χ2v) is 6.51. The first kappa shape index (κ1) is 17.4. The highest BCUT2D eigenvalue weighted by Gasteiger charge is 2.23. The maximum absolute atomic E-state index is 13.0. The van der Waals surface area contributed by atoms with E-state index in [4.69, 9.17) is 9.15 Å². The number of ether oxygens (including phenoxy) is 1. The topological polar surface area (TPSA) is 81.0 Å². The quantitative estimate of drug-likeness (QED) is 0.644. The highest BCUT2D eigenvalue weighted by molar-refractivity contribution is 9.10. The van der Waals surface area contributed by atoms with Crippen LogP contribution in [-0.4, -0.2) is 28.1 Å². The largest absolute Gasteiger partial charge is 0.496 e. The van der Waals surface area contributed by atoms with Crippen LogP contribution in [0.2, 0.25) is 0 Å². The van der Waals surface area contributed by atoms with Gasteiger partial charge in [-0.15, -0.1) is 10.2 Å². The van der Waals surface area contributed by atoms with Crippen LogP contribution < -0.4 is 4.74 Å². The fraction of sp³-hybridized carbons (Fsp3) is 0.278. The van der Waals surface area contributed by atoms with Crippen molar-refractivity contribution in [3.8, 4) is 17.3 Å². The van der Waals surface area contributed by atoms with E-state index >= 15 is 0 Å². The minimum atomic E-state index is -0.0731. The molecule has 3 aromatic rings. The van der Waals surface area contributed by atoms with E-state index in [1.54, 1.807) is 25.3 Å². The van der Waals surface area contributed by atoms with Crippen molar-refractivity contribution in [3.05, 3.63) is 50.9 Å². The third-order valence-corrected chi connectivity index (χ3v) is 4.68. The summed E-state index contributed by atoms with van der Waals surface area (Å²) in [5, 5.41) is 8.04. The van der Waals surface area contributed by atoms with Gasteiger partial charge in [-0.25, -0.2) is 0 Å². The Hall–Kier alpha value is -2.41. The Morgan fingerprint density at radius 2 is 2.08 bits per heavy atom. The Labute approximate surface area is 153 Å². The van der Waals surface area contributed by atoms with E-state index in [-0.39, 0.29) is 5.78 Å². The molecule has 0 aliphatic carbocycles. The number of carbonyl (C=O) groups is 1. The molecule has 0 spiro atoms. The van der Waals surface area contributed by atoms with Crippen molar-refractivity contribution in [2.24, 2.45) is 0 Å². The van der Waals surface area contributed by atoms with E-state index in [0.717, 1.165) is 15.7 Å². The van der Waals surface area contributed by atoms with E-state index in [0.29, 0.717) is 40.8 Å². The van der Waals surface area contributed by atoms with Crippen LogP contribution in [0.25, 0.3) is 11.6 Å². The highest BCUT2D eigenvalue weighted by Crippen LogP contribution is 2.31. The number of H-pyrrole nitrogens is 1. The first-order chi connectivity index (χ1) is 12.0. The van der Waals surface area contributed by atoms with Crippen LogP contribution in [0.15, 0.2) is 27.1 Å². The van der Waals surface area contributed by atoms with Crippen LogP contribution in [0.4, 0.5) is 0 Å². The molecule has 25 heavy (non-hydrogen) atoms. The summed E-state index contributed by atoms with van der Waals surface area (Å²) in [5.41, 5.74) is 3.43. The van der Waals surface area contributed by atoms with E-state index in [9.17, 15) is 4.79 Å². The van der Waals surface area contributed by atoms with Crippen LogP contribution in [0.1, 0.15) is 40.0 Å². The second-order valence-electron chi connectivity index (χ2n) is 5.66. The molecule has 0 aliphatic rings. The molecule has 0 unspecified atom stereocenters. The van der Waals surface area contributed by atoms with Gasteiger partial charge in [-0.3, -0.25) is 4.79 Å².